The summed E-state index contributed by atoms with van der Waals surface area (Å²) in [6.07, 6.45) is 8.81. The molecule has 1 aliphatic heterocycles. The van der Waals surface area contributed by atoms with Gasteiger partial charge in [-0.2, -0.15) is 0 Å². The van der Waals surface area contributed by atoms with Gasteiger partial charge in [0.15, 0.2) is 0 Å². The Hall–Kier alpha value is -0.0800. The third-order valence-corrected chi connectivity index (χ3v) is 5.56. The van der Waals surface area contributed by atoms with E-state index in [1.54, 1.807) is 0 Å². The van der Waals surface area contributed by atoms with Crippen molar-refractivity contribution in [1.82, 2.24) is 9.80 Å². The third-order valence-electron chi connectivity index (χ3n) is 5.56. The maximum atomic E-state index is 2.79. The van der Waals surface area contributed by atoms with Crippen molar-refractivity contribution in [3.63, 3.8) is 0 Å². The molecule has 0 amide bonds. The average molecular weight is 311 g/mol. The maximum absolute atomic E-state index is 2.79. The smallest absolute Gasteiger partial charge is 0.0113 e. The van der Waals surface area contributed by atoms with Gasteiger partial charge in [0, 0.05) is 38.3 Å². The molecule has 0 aromatic rings. The lowest BCUT2D eigenvalue weighted by Crippen LogP contribution is -2.52. The summed E-state index contributed by atoms with van der Waals surface area (Å²) in [4.78, 5) is 5.42. The molecule has 0 bridgehead atoms. The lowest BCUT2D eigenvalue weighted by Gasteiger charge is -2.43. The molecular formula is C20H42N2. The Balaban J connectivity index is 0.00000116. The van der Waals surface area contributed by atoms with E-state index in [1.165, 1.54) is 64.7 Å². The number of nitrogens with zero attached hydrogens (tertiary/aromatic N) is 2. The van der Waals surface area contributed by atoms with E-state index < -0.39 is 0 Å². The lowest BCUT2D eigenvalue weighted by atomic mass is 9.81. The minimum atomic E-state index is 0.726. The summed E-state index contributed by atoms with van der Waals surface area (Å²) >= 11 is 0. The molecule has 0 spiro atoms. The topological polar surface area (TPSA) is 6.48 Å². The minimum absolute atomic E-state index is 0.726. The van der Waals surface area contributed by atoms with E-state index in [2.05, 4.69) is 37.5 Å². The molecule has 1 saturated heterocycles. The van der Waals surface area contributed by atoms with E-state index in [0.717, 1.165) is 23.9 Å². The van der Waals surface area contributed by atoms with Crippen LogP contribution in [-0.4, -0.2) is 48.1 Å². The summed E-state index contributed by atoms with van der Waals surface area (Å²) in [5.74, 6) is 1.92. The second-order valence-electron chi connectivity index (χ2n) is 7.81. The highest BCUT2D eigenvalue weighted by atomic mass is 15.3. The molecule has 132 valence electrons. The van der Waals surface area contributed by atoms with Crippen LogP contribution in [0.1, 0.15) is 80.1 Å². The fourth-order valence-electron chi connectivity index (χ4n) is 3.99. The first kappa shape index (κ1) is 20.0. The first-order valence-corrected chi connectivity index (χ1v) is 10.0. The first-order valence-electron chi connectivity index (χ1n) is 10.0. The van der Waals surface area contributed by atoms with Gasteiger partial charge >= 0.3 is 0 Å². The van der Waals surface area contributed by atoms with Gasteiger partial charge in [-0.25, -0.2) is 0 Å². The van der Waals surface area contributed by atoms with Crippen LogP contribution in [0.15, 0.2) is 0 Å². The van der Waals surface area contributed by atoms with Crippen LogP contribution in [-0.2, 0) is 0 Å². The Labute approximate surface area is 140 Å². The molecule has 2 aliphatic rings. The molecule has 0 aromatic carbocycles. The molecule has 22 heavy (non-hydrogen) atoms. The largest absolute Gasteiger partial charge is 0.298 e. The number of hydrogen-bond acceptors (Lipinski definition) is 2. The lowest BCUT2D eigenvalue weighted by molar-refractivity contribution is 0.0564. The molecule has 2 fully saturated rings. The van der Waals surface area contributed by atoms with Crippen LogP contribution in [0, 0.1) is 11.8 Å². The van der Waals surface area contributed by atoms with Crippen molar-refractivity contribution in [2.24, 2.45) is 11.8 Å². The fourth-order valence-corrected chi connectivity index (χ4v) is 3.99. The summed E-state index contributed by atoms with van der Waals surface area (Å²) < 4.78 is 0. The molecule has 1 saturated carbocycles. The Morgan fingerprint density at radius 2 is 1.36 bits per heavy atom. The fraction of sp³-hybridized carbons (Fsp3) is 1.00. The van der Waals surface area contributed by atoms with Gasteiger partial charge in [0.25, 0.3) is 0 Å². The van der Waals surface area contributed by atoms with Crippen molar-refractivity contribution in [2.45, 2.75) is 92.2 Å². The number of rotatable bonds is 5. The van der Waals surface area contributed by atoms with Gasteiger partial charge in [-0.15, -0.1) is 0 Å². The van der Waals surface area contributed by atoms with Crippen LogP contribution >= 0.6 is 0 Å². The zero-order valence-corrected chi connectivity index (χ0v) is 16.3. The normalized spacial score (nSPS) is 27.8. The van der Waals surface area contributed by atoms with Crippen molar-refractivity contribution in [3.05, 3.63) is 0 Å². The molecule has 2 rings (SSSR count). The van der Waals surface area contributed by atoms with Crippen molar-refractivity contribution in [1.29, 1.82) is 0 Å². The van der Waals surface area contributed by atoms with Gasteiger partial charge < -0.3 is 0 Å². The predicted octanol–water partition coefficient (Wildman–Crippen LogP) is 5.03. The van der Waals surface area contributed by atoms with E-state index >= 15 is 0 Å². The maximum Gasteiger partial charge on any atom is 0.0113 e. The molecule has 0 N–H and O–H groups in total. The summed E-state index contributed by atoms with van der Waals surface area (Å²) in [5.41, 5.74) is 0. The molecule has 1 heterocycles. The van der Waals surface area contributed by atoms with Gasteiger partial charge in [-0.05, 0) is 51.4 Å². The molecule has 0 aromatic heterocycles. The van der Waals surface area contributed by atoms with Gasteiger partial charge in [-0.1, -0.05) is 40.5 Å². The van der Waals surface area contributed by atoms with Crippen LogP contribution in [0.2, 0.25) is 0 Å². The second kappa shape index (κ2) is 10.6. The van der Waals surface area contributed by atoms with Gasteiger partial charge in [0.1, 0.15) is 0 Å². The molecule has 0 radical (unpaired) electrons. The Bertz CT molecular complexity index is 259. The minimum Gasteiger partial charge on any atom is -0.298 e. The van der Waals surface area contributed by atoms with E-state index in [-0.39, 0.29) is 0 Å². The highest BCUT2D eigenvalue weighted by Gasteiger charge is 2.28. The standard InChI is InChI=1S/C18H36N2.C2H6/c1-15(2)5-6-17-7-9-18(10-8-17)20-13-11-19(12-14-20)16(3)4;1-2/h15-18H,5-14H2,1-4H3;1-2H3. The highest BCUT2D eigenvalue weighted by molar-refractivity contribution is 4.84. The molecule has 2 heteroatoms. The van der Waals surface area contributed by atoms with Crippen LogP contribution in [0.3, 0.4) is 0 Å². The summed E-state index contributed by atoms with van der Waals surface area (Å²) in [6, 6.07) is 1.63. The zero-order valence-electron chi connectivity index (χ0n) is 16.3. The molecule has 1 aliphatic carbocycles. The molecule has 2 nitrogen and oxygen atoms in total. The summed E-state index contributed by atoms with van der Waals surface area (Å²) in [6.45, 7) is 18.6. The zero-order chi connectivity index (χ0) is 16.5. The van der Waals surface area contributed by atoms with Crippen molar-refractivity contribution < 1.29 is 0 Å². The number of piperazine rings is 1. The van der Waals surface area contributed by atoms with E-state index in [9.17, 15) is 0 Å². The van der Waals surface area contributed by atoms with Crippen molar-refractivity contribution in [2.75, 3.05) is 26.2 Å². The Morgan fingerprint density at radius 3 is 1.82 bits per heavy atom. The number of hydrogen-bond donors (Lipinski definition) is 0. The van der Waals surface area contributed by atoms with Crippen LogP contribution in [0.25, 0.3) is 0 Å². The summed E-state index contributed by atoms with van der Waals surface area (Å²) in [7, 11) is 0. The summed E-state index contributed by atoms with van der Waals surface area (Å²) in [5, 5.41) is 0. The second-order valence-corrected chi connectivity index (χ2v) is 7.81. The SMILES string of the molecule is CC.CC(C)CCC1CCC(N2CCN(C(C)C)CC2)CC1. The van der Waals surface area contributed by atoms with Crippen LogP contribution in [0.4, 0.5) is 0 Å². The highest BCUT2D eigenvalue weighted by Crippen LogP contribution is 2.31. The average Bonchev–Trinajstić information content (AvgIpc) is 2.55. The van der Waals surface area contributed by atoms with Gasteiger partial charge in [0.2, 0.25) is 0 Å². The van der Waals surface area contributed by atoms with Crippen LogP contribution in [0.5, 0.6) is 0 Å². The van der Waals surface area contributed by atoms with Gasteiger partial charge in [-0.3, -0.25) is 9.80 Å². The van der Waals surface area contributed by atoms with E-state index in [0.29, 0.717) is 0 Å². The van der Waals surface area contributed by atoms with E-state index in [1.807, 2.05) is 13.8 Å². The first-order chi connectivity index (χ1) is 10.6. The quantitative estimate of drug-likeness (QED) is 0.702. The monoisotopic (exact) mass is 310 g/mol. The third kappa shape index (κ3) is 6.58. The van der Waals surface area contributed by atoms with E-state index in [4.69, 9.17) is 0 Å². The molecular weight excluding hydrogens is 268 g/mol. The molecule has 0 atom stereocenters. The van der Waals surface area contributed by atoms with Crippen molar-refractivity contribution in [3.8, 4) is 0 Å². The Morgan fingerprint density at radius 1 is 0.818 bits per heavy atom. The predicted molar refractivity (Wildman–Crippen MR) is 99.4 cm³/mol. The van der Waals surface area contributed by atoms with Crippen molar-refractivity contribution >= 4 is 0 Å². The van der Waals surface area contributed by atoms with Gasteiger partial charge in [0.05, 0.1) is 0 Å². The Kier molecular flexibility index (Phi) is 9.66. The molecule has 0 unspecified atom stereocenters. The van der Waals surface area contributed by atoms with Crippen LogP contribution < -0.4 is 0 Å².